The Hall–Kier alpha value is -4.34. The Bertz CT molecular complexity index is 1490. The molecule has 7 nitrogen and oxygen atoms in total. The highest BCUT2D eigenvalue weighted by molar-refractivity contribution is 5.94. The van der Waals surface area contributed by atoms with Crippen LogP contribution in [0.25, 0.3) is 16.9 Å². The standard InChI is InChI=1S/C25H22F3N5O2/c1-14(16-10-17(25(26,27)28)13-18(29)11-16)23-20(24(30)35)6-7-22(34)33(23)19-5-3-4-15(12-19)21-8-9-31-32(21)2/h3-14H,29H2,1-2H3,(H2,30,35). The van der Waals surface area contributed by atoms with E-state index in [1.54, 1.807) is 49.1 Å². The average molecular weight is 481 g/mol. The number of hydrogen-bond acceptors (Lipinski definition) is 4. The smallest absolute Gasteiger partial charge is 0.399 e. The van der Waals surface area contributed by atoms with E-state index in [4.69, 9.17) is 11.5 Å². The fraction of sp³-hybridized carbons (Fsp3) is 0.160. The minimum atomic E-state index is -4.62. The molecule has 2 aromatic heterocycles. The third-order valence-corrected chi connectivity index (χ3v) is 5.83. The Morgan fingerprint density at radius 3 is 2.43 bits per heavy atom. The lowest BCUT2D eigenvalue weighted by Gasteiger charge is -2.23. The molecule has 0 saturated heterocycles. The van der Waals surface area contributed by atoms with Crippen LogP contribution in [0.15, 0.2) is 71.7 Å². The number of halogens is 3. The molecule has 4 aromatic rings. The van der Waals surface area contributed by atoms with E-state index in [0.29, 0.717) is 5.69 Å². The van der Waals surface area contributed by atoms with Crippen LogP contribution in [0.1, 0.15) is 40.0 Å². The molecule has 0 saturated carbocycles. The van der Waals surface area contributed by atoms with E-state index in [0.717, 1.165) is 23.4 Å². The largest absolute Gasteiger partial charge is 0.416 e. The molecule has 4 N–H and O–H groups in total. The van der Waals surface area contributed by atoms with E-state index < -0.39 is 29.1 Å². The monoisotopic (exact) mass is 481 g/mol. The summed E-state index contributed by atoms with van der Waals surface area (Å²) in [5, 5.41) is 4.16. The number of rotatable bonds is 5. The van der Waals surface area contributed by atoms with Gasteiger partial charge in [0.1, 0.15) is 0 Å². The number of carbonyl (C=O) groups is 1. The molecule has 35 heavy (non-hydrogen) atoms. The number of nitrogens with two attached hydrogens (primary N) is 2. The van der Waals surface area contributed by atoms with Gasteiger partial charge in [0.2, 0.25) is 0 Å². The van der Waals surface area contributed by atoms with Gasteiger partial charge >= 0.3 is 6.18 Å². The normalized spacial score (nSPS) is 12.5. The highest BCUT2D eigenvalue weighted by Gasteiger charge is 2.32. The van der Waals surface area contributed by atoms with Gasteiger partial charge in [-0.25, -0.2) is 0 Å². The summed E-state index contributed by atoms with van der Waals surface area (Å²) >= 11 is 0. The SMILES string of the molecule is CC(c1cc(N)cc(C(F)(F)F)c1)c1c(C(N)=O)ccc(=O)n1-c1cccc(-c2ccnn2C)c1. The van der Waals surface area contributed by atoms with Crippen molar-refractivity contribution in [1.29, 1.82) is 0 Å². The van der Waals surface area contributed by atoms with Gasteiger partial charge in [-0.15, -0.1) is 0 Å². The van der Waals surface area contributed by atoms with Gasteiger partial charge in [-0.3, -0.25) is 18.8 Å². The molecule has 1 amide bonds. The molecule has 180 valence electrons. The summed E-state index contributed by atoms with van der Waals surface area (Å²) in [5.74, 6) is -1.65. The van der Waals surface area contributed by atoms with Gasteiger partial charge in [0.05, 0.1) is 16.8 Å². The summed E-state index contributed by atoms with van der Waals surface area (Å²) in [4.78, 5) is 25.4. The molecular formula is C25H22F3N5O2. The molecule has 0 aliphatic rings. The number of nitrogen functional groups attached to an aromatic ring is 1. The van der Waals surface area contributed by atoms with E-state index in [-0.39, 0.29) is 22.5 Å². The minimum absolute atomic E-state index is 0.0130. The molecule has 0 aliphatic carbocycles. The van der Waals surface area contributed by atoms with E-state index >= 15 is 0 Å². The van der Waals surface area contributed by atoms with Crippen molar-refractivity contribution in [2.24, 2.45) is 12.8 Å². The van der Waals surface area contributed by atoms with Crippen LogP contribution in [0.4, 0.5) is 18.9 Å². The van der Waals surface area contributed by atoms with Crippen molar-refractivity contribution in [3.8, 4) is 16.9 Å². The van der Waals surface area contributed by atoms with E-state index in [1.807, 2.05) is 6.07 Å². The number of amides is 1. The lowest BCUT2D eigenvalue weighted by Crippen LogP contribution is -2.28. The highest BCUT2D eigenvalue weighted by atomic mass is 19.4. The number of aryl methyl sites for hydroxylation is 1. The quantitative estimate of drug-likeness (QED) is 0.419. The van der Waals surface area contributed by atoms with Crippen LogP contribution < -0.4 is 17.0 Å². The van der Waals surface area contributed by atoms with Crippen LogP contribution in [0.2, 0.25) is 0 Å². The van der Waals surface area contributed by atoms with Crippen molar-refractivity contribution in [2.45, 2.75) is 19.0 Å². The van der Waals surface area contributed by atoms with Gasteiger partial charge < -0.3 is 11.5 Å². The lowest BCUT2D eigenvalue weighted by atomic mass is 9.91. The summed E-state index contributed by atoms with van der Waals surface area (Å²) in [5.41, 5.74) is 12.2. The summed E-state index contributed by atoms with van der Waals surface area (Å²) in [6.07, 6.45) is -2.99. The number of alkyl halides is 3. The van der Waals surface area contributed by atoms with Crippen LogP contribution in [0.3, 0.4) is 0 Å². The van der Waals surface area contributed by atoms with E-state index in [1.165, 1.54) is 22.8 Å². The third-order valence-electron chi connectivity index (χ3n) is 5.83. The fourth-order valence-corrected chi connectivity index (χ4v) is 4.16. The van der Waals surface area contributed by atoms with Gasteiger partial charge in [0.15, 0.2) is 0 Å². The fourth-order valence-electron chi connectivity index (χ4n) is 4.16. The molecule has 0 aliphatic heterocycles. The van der Waals surface area contributed by atoms with Crippen molar-refractivity contribution < 1.29 is 18.0 Å². The van der Waals surface area contributed by atoms with Crippen LogP contribution in [-0.4, -0.2) is 20.3 Å². The Balaban J connectivity index is 1.97. The molecule has 10 heteroatoms. The number of nitrogens with zero attached hydrogens (tertiary/aromatic N) is 3. The Kier molecular flexibility index (Phi) is 5.98. The number of benzene rings is 2. The second-order valence-corrected chi connectivity index (χ2v) is 8.17. The molecule has 1 unspecified atom stereocenters. The number of pyridine rings is 1. The van der Waals surface area contributed by atoms with Gasteiger partial charge in [-0.2, -0.15) is 18.3 Å². The molecular weight excluding hydrogens is 459 g/mol. The number of aromatic nitrogens is 3. The zero-order valence-electron chi connectivity index (χ0n) is 18.9. The Labute approximate surface area is 198 Å². The maximum Gasteiger partial charge on any atom is 0.416 e. The van der Waals surface area contributed by atoms with Crippen LogP contribution in [0.5, 0.6) is 0 Å². The molecule has 0 fully saturated rings. The first-order valence-corrected chi connectivity index (χ1v) is 10.6. The summed E-state index contributed by atoms with van der Waals surface area (Å²) in [6.45, 7) is 1.59. The first-order valence-electron chi connectivity index (χ1n) is 10.6. The van der Waals surface area contributed by atoms with E-state index in [2.05, 4.69) is 5.10 Å². The number of carbonyl (C=O) groups excluding carboxylic acids is 1. The third kappa shape index (κ3) is 4.54. The van der Waals surface area contributed by atoms with Gasteiger partial charge in [0, 0.05) is 47.9 Å². The molecule has 0 radical (unpaired) electrons. The summed E-state index contributed by atoms with van der Waals surface area (Å²) in [7, 11) is 1.77. The van der Waals surface area contributed by atoms with Crippen molar-refractivity contribution in [3.05, 3.63) is 99.6 Å². The van der Waals surface area contributed by atoms with Crippen LogP contribution in [0, 0.1) is 0 Å². The van der Waals surface area contributed by atoms with Crippen molar-refractivity contribution in [3.63, 3.8) is 0 Å². The molecule has 2 aromatic carbocycles. The summed E-state index contributed by atoms with van der Waals surface area (Å²) < 4.78 is 43.3. The lowest BCUT2D eigenvalue weighted by molar-refractivity contribution is -0.137. The van der Waals surface area contributed by atoms with Gasteiger partial charge in [-0.1, -0.05) is 19.1 Å². The highest BCUT2D eigenvalue weighted by Crippen LogP contribution is 2.36. The average Bonchev–Trinajstić information content (AvgIpc) is 3.23. The Morgan fingerprint density at radius 2 is 1.80 bits per heavy atom. The van der Waals surface area contributed by atoms with Gasteiger partial charge in [-0.05, 0) is 48.0 Å². The van der Waals surface area contributed by atoms with Crippen molar-refractivity contribution in [1.82, 2.24) is 14.3 Å². The predicted octanol–water partition coefficient (Wildman–Crippen LogP) is 4.09. The summed E-state index contributed by atoms with van der Waals surface area (Å²) in [6, 6.07) is 14.4. The van der Waals surface area contributed by atoms with Crippen molar-refractivity contribution in [2.75, 3.05) is 5.73 Å². The first kappa shape index (κ1) is 23.8. The van der Waals surface area contributed by atoms with Gasteiger partial charge in [0.25, 0.3) is 11.5 Å². The maximum atomic E-state index is 13.4. The van der Waals surface area contributed by atoms with Crippen LogP contribution in [-0.2, 0) is 13.2 Å². The molecule has 4 rings (SSSR count). The second kappa shape index (κ2) is 8.79. The second-order valence-electron chi connectivity index (χ2n) is 8.17. The van der Waals surface area contributed by atoms with Crippen molar-refractivity contribution >= 4 is 11.6 Å². The number of anilines is 1. The number of hydrogen-bond donors (Lipinski definition) is 2. The zero-order valence-corrected chi connectivity index (χ0v) is 18.9. The molecule has 1 atom stereocenters. The Morgan fingerprint density at radius 1 is 1.06 bits per heavy atom. The molecule has 0 bridgehead atoms. The predicted molar refractivity (Wildman–Crippen MR) is 126 cm³/mol. The molecule has 2 heterocycles. The molecule has 0 spiro atoms. The first-order chi connectivity index (χ1) is 16.5. The topological polar surface area (TPSA) is 109 Å². The van der Waals surface area contributed by atoms with E-state index in [9.17, 15) is 22.8 Å². The van der Waals surface area contributed by atoms with Crippen LogP contribution >= 0.6 is 0 Å². The number of primary amides is 1. The zero-order chi connectivity index (χ0) is 25.5. The maximum absolute atomic E-state index is 13.4. The minimum Gasteiger partial charge on any atom is -0.399 e.